The summed E-state index contributed by atoms with van der Waals surface area (Å²) in [5.74, 6) is 2.13. The molecule has 1 atom stereocenters. The fourth-order valence-corrected chi connectivity index (χ4v) is 3.67. The van der Waals surface area contributed by atoms with Crippen LogP contribution in [0.2, 0.25) is 0 Å². The molecule has 1 saturated carbocycles. The average molecular weight is 289 g/mol. The second-order valence-electron chi connectivity index (χ2n) is 6.62. The molecule has 0 bridgehead atoms. The van der Waals surface area contributed by atoms with Crippen LogP contribution in [0.15, 0.2) is 24.3 Å². The van der Waals surface area contributed by atoms with Gasteiger partial charge < -0.3 is 10.4 Å². The lowest BCUT2D eigenvalue weighted by molar-refractivity contribution is 0.216. The minimum Gasteiger partial charge on any atom is -0.508 e. The molecule has 0 aliphatic heterocycles. The van der Waals surface area contributed by atoms with Gasteiger partial charge in [0.15, 0.2) is 0 Å². The van der Waals surface area contributed by atoms with E-state index in [-0.39, 0.29) is 0 Å². The molecule has 1 unspecified atom stereocenters. The molecular formula is C19H31NO. The number of phenolic OH excluding ortho intramolecular Hbond substituents is 1. The van der Waals surface area contributed by atoms with E-state index in [9.17, 15) is 5.11 Å². The third-order valence-corrected chi connectivity index (χ3v) is 5.06. The molecule has 118 valence electrons. The van der Waals surface area contributed by atoms with Gasteiger partial charge in [-0.1, -0.05) is 45.2 Å². The van der Waals surface area contributed by atoms with Crippen molar-refractivity contribution in [3.05, 3.63) is 29.8 Å². The van der Waals surface area contributed by atoms with Gasteiger partial charge in [-0.15, -0.1) is 0 Å². The third kappa shape index (κ3) is 5.03. The molecule has 1 aliphatic carbocycles. The molecular weight excluding hydrogens is 258 g/mol. The summed E-state index contributed by atoms with van der Waals surface area (Å²) in [4.78, 5) is 0. The molecule has 0 radical (unpaired) electrons. The van der Waals surface area contributed by atoms with Crippen LogP contribution >= 0.6 is 0 Å². The SMILES string of the molecule is CCCNC(Cc1cccc(O)c1)C1CCC(CC)CC1. The first-order chi connectivity index (χ1) is 10.2. The van der Waals surface area contributed by atoms with Crippen LogP contribution in [0.1, 0.15) is 57.9 Å². The number of hydrogen-bond donors (Lipinski definition) is 2. The zero-order valence-electron chi connectivity index (χ0n) is 13.6. The van der Waals surface area contributed by atoms with Crippen molar-refractivity contribution in [2.75, 3.05) is 6.54 Å². The molecule has 1 aliphatic rings. The van der Waals surface area contributed by atoms with E-state index in [0.29, 0.717) is 11.8 Å². The van der Waals surface area contributed by atoms with Crippen LogP contribution in [0.25, 0.3) is 0 Å². The van der Waals surface area contributed by atoms with Gasteiger partial charge in [-0.2, -0.15) is 0 Å². The van der Waals surface area contributed by atoms with Crippen molar-refractivity contribution in [2.45, 2.75) is 64.8 Å². The van der Waals surface area contributed by atoms with Crippen molar-refractivity contribution < 1.29 is 5.11 Å². The first-order valence-electron chi connectivity index (χ1n) is 8.74. The zero-order chi connectivity index (χ0) is 15.1. The van der Waals surface area contributed by atoms with Gasteiger partial charge in [0.2, 0.25) is 0 Å². The van der Waals surface area contributed by atoms with Crippen molar-refractivity contribution in [2.24, 2.45) is 11.8 Å². The van der Waals surface area contributed by atoms with E-state index >= 15 is 0 Å². The van der Waals surface area contributed by atoms with Gasteiger partial charge in [0, 0.05) is 6.04 Å². The Morgan fingerprint density at radius 1 is 1.19 bits per heavy atom. The van der Waals surface area contributed by atoms with Crippen molar-refractivity contribution in [1.82, 2.24) is 5.32 Å². The summed E-state index contributed by atoms with van der Waals surface area (Å²) in [5.41, 5.74) is 1.25. The molecule has 0 amide bonds. The summed E-state index contributed by atoms with van der Waals surface area (Å²) < 4.78 is 0. The number of aromatic hydroxyl groups is 1. The third-order valence-electron chi connectivity index (χ3n) is 5.06. The number of nitrogens with one attached hydrogen (secondary N) is 1. The summed E-state index contributed by atoms with van der Waals surface area (Å²) in [6.45, 7) is 5.65. The molecule has 1 aromatic rings. The van der Waals surface area contributed by atoms with Gasteiger partial charge in [0.05, 0.1) is 0 Å². The van der Waals surface area contributed by atoms with Crippen LogP contribution in [0.3, 0.4) is 0 Å². The fourth-order valence-electron chi connectivity index (χ4n) is 3.67. The summed E-state index contributed by atoms with van der Waals surface area (Å²) >= 11 is 0. The molecule has 0 saturated heterocycles. The predicted molar refractivity (Wildman–Crippen MR) is 89.6 cm³/mol. The summed E-state index contributed by atoms with van der Waals surface area (Å²) in [5, 5.41) is 13.4. The first kappa shape index (κ1) is 16.4. The second-order valence-corrected chi connectivity index (χ2v) is 6.62. The largest absolute Gasteiger partial charge is 0.508 e. The van der Waals surface area contributed by atoms with E-state index in [1.807, 2.05) is 12.1 Å². The second kappa shape index (κ2) is 8.43. The quantitative estimate of drug-likeness (QED) is 0.773. The van der Waals surface area contributed by atoms with Crippen LogP contribution in [-0.2, 0) is 6.42 Å². The molecule has 1 fully saturated rings. The van der Waals surface area contributed by atoms with Gasteiger partial charge in [-0.3, -0.25) is 0 Å². The van der Waals surface area contributed by atoms with Crippen molar-refractivity contribution in [3.8, 4) is 5.75 Å². The summed E-state index contributed by atoms with van der Waals surface area (Å²) in [6.07, 6.45) is 9.07. The van der Waals surface area contributed by atoms with Crippen molar-refractivity contribution >= 4 is 0 Å². The Kier molecular flexibility index (Phi) is 6.56. The van der Waals surface area contributed by atoms with Crippen LogP contribution in [0, 0.1) is 11.8 Å². The van der Waals surface area contributed by atoms with Crippen LogP contribution in [0.4, 0.5) is 0 Å². The zero-order valence-corrected chi connectivity index (χ0v) is 13.6. The normalized spacial score (nSPS) is 23.9. The molecule has 2 N–H and O–H groups in total. The topological polar surface area (TPSA) is 32.3 Å². The van der Waals surface area contributed by atoms with Crippen LogP contribution in [0.5, 0.6) is 5.75 Å². The van der Waals surface area contributed by atoms with Gasteiger partial charge in [-0.05, 0) is 61.8 Å². The molecule has 2 heteroatoms. The molecule has 2 rings (SSSR count). The Labute approximate surface area is 130 Å². The number of rotatable bonds is 7. The lowest BCUT2D eigenvalue weighted by Crippen LogP contribution is -2.40. The maximum atomic E-state index is 9.66. The lowest BCUT2D eigenvalue weighted by atomic mass is 9.76. The smallest absolute Gasteiger partial charge is 0.115 e. The fraction of sp³-hybridized carbons (Fsp3) is 0.684. The van der Waals surface area contributed by atoms with Crippen LogP contribution in [-0.4, -0.2) is 17.7 Å². The molecule has 21 heavy (non-hydrogen) atoms. The highest BCUT2D eigenvalue weighted by molar-refractivity contribution is 5.27. The average Bonchev–Trinajstić information content (AvgIpc) is 2.51. The molecule has 0 heterocycles. The number of benzene rings is 1. The monoisotopic (exact) mass is 289 g/mol. The van der Waals surface area contributed by atoms with E-state index in [2.05, 4.69) is 25.2 Å². The standard InChI is InChI=1S/C19H31NO/c1-3-12-20-19(14-16-6-5-7-18(21)13-16)17-10-8-15(4-2)9-11-17/h5-7,13,15,17,19-21H,3-4,8-12,14H2,1-2H3. The highest BCUT2D eigenvalue weighted by atomic mass is 16.3. The molecule has 0 spiro atoms. The van der Waals surface area contributed by atoms with E-state index in [0.717, 1.165) is 24.8 Å². The van der Waals surface area contributed by atoms with E-state index in [1.54, 1.807) is 6.07 Å². The van der Waals surface area contributed by atoms with E-state index < -0.39 is 0 Å². The van der Waals surface area contributed by atoms with Crippen molar-refractivity contribution in [1.29, 1.82) is 0 Å². The molecule has 0 aromatic heterocycles. The highest BCUT2D eigenvalue weighted by Gasteiger charge is 2.26. The van der Waals surface area contributed by atoms with Gasteiger partial charge in [-0.25, -0.2) is 0 Å². The predicted octanol–water partition coefficient (Wildman–Crippen LogP) is 4.52. The van der Waals surface area contributed by atoms with Crippen molar-refractivity contribution in [3.63, 3.8) is 0 Å². The van der Waals surface area contributed by atoms with Gasteiger partial charge in [0.25, 0.3) is 0 Å². The lowest BCUT2D eigenvalue weighted by Gasteiger charge is -2.34. The maximum absolute atomic E-state index is 9.66. The van der Waals surface area contributed by atoms with E-state index in [4.69, 9.17) is 0 Å². The number of phenols is 1. The first-order valence-corrected chi connectivity index (χ1v) is 8.74. The van der Waals surface area contributed by atoms with Gasteiger partial charge in [0.1, 0.15) is 5.75 Å². The minimum absolute atomic E-state index is 0.386. The summed E-state index contributed by atoms with van der Waals surface area (Å²) in [7, 11) is 0. The molecule has 1 aromatic carbocycles. The number of hydrogen-bond acceptors (Lipinski definition) is 2. The Morgan fingerprint density at radius 3 is 2.57 bits per heavy atom. The highest BCUT2D eigenvalue weighted by Crippen LogP contribution is 2.33. The summed E-state index contributed by atoms with van der Waals surface area (Å²) in [6, 6.07) is 8.32. The maximum Gasteiger partial charge on any atom is 0.115 e. The Morgan fingerprint density at radius 2 is 1.95 bits per heavy atom. The Balaban J connectivity index is 1.97. The Hall–Kier alpha value is -1.02. The van der Waals surface area contributed by atoms with Gasteiger partial charge >= 0.3 is 0 Å². The van der Waals surface area contributed by atoms with E-state index in [1.165, 1.54) is 44.1 Å². The van der Waals surface area contributed by atoms with Crippen LogP contribution < -0.4 is 5.32 Å². The Bertz CT molecular complexity index is 410. The molecule has 2 nitrogen and oxygen atoms in total. The minimum atomic E-state index is 0.386.